The molecular formula is C20H23ClN2O2. The first kappa shape index (κ1) is 17.8. The normalized spacial score (nSPS) is 16.6. The molecule has 1 fully saturated rings. The summed E-state index contributed by atoms with van der Waals surface area (Å²) in [6.45, 7) is 5.16. The number of halogens is 1. The second-order valence-corrected chi connectivity index (χ2v) is 6.92. The fraction of sp³-hybridized carbons (Fsp3) is 0.350. The molecule has 4 nitrogen and oxygen atoms in total. The van der Waals surface area contributed by atoms with E-state index in [0.717, 1.165) is 37.3 Å². The second kappa shape index (κ2) is 7.89. The van der Waals surface area contributed by atoms with E-state index in [1.807, 2.05) is 43.3 Å². The second-order valence-electron chi connectivity index (χ2n) is 6.49. The molecule has 0 spiro atoms. The van der Waals surface area contributed by atoms with Crippen molar-refractivity contribution in [1.82, 2.24) is 4.90 Å². The van der Waals surface area contributed by atoms with Gasteiger partial charge in [-0.15, -0.1) is 0 Å². The topological polar surface area (TPSA) is 43.8 Å². The van der Waals surface area contributed by atoms with Crippen molar-refractivity contribution < 1.29 is 9.90 Å². The lowest BCUT2D eigenvalue weighted by molar-refractivity contribution is -0.143. The zero-order valence-electron chi connectivity index (χ0n) is 14.4. The van der Waals surface area contributed by atoms with Gasteiger partial charge in [0.2, 0.25) is 0 Å². The van der Waals surface area contributed by atoms with Crippen LogP contribution < -0.4 is 4.90 Å². The summed E-state index contributed by atoms with van der Waals surface area (Å²) in [7, 11) is 0. The number of hydrogen-bond donors (Lipinski definition) is 1. The molecule has 0 bridgehead atoms. The molecule has 132 valence electrons. The minimum absolute atomic E-state index is 0.502. The fourth-order valence-electron chi connectivity index (χ4n) is 3.40. The molecule has 25 heavy (non-hydrogen) atoms. The smallest absolute Gasteiger partial charge is 0.321 e. The average molecular weight is 359 g/mol. The third-order valence-electron chi connectivity index (χ3n) is 4.88. The minimum Gasteiger partial charge on any atom is -0.480 e. The number of carboxylic acids is 1. The molecule has 1 N–H and O–H groups in total. The number of anilines is 1. The maximum Gasteiger partial charge on any atom is 0.321 e. The summed E-state index contributed by atoms with van der Waals surface area (Å²) in [5, 5.41) is 10.4. The summed E-state index contributed by atoms with van der Waals surface area (Å²) in [6.07, 6.45) is 0.504. The molecule has 2 aromatic carbocycles. The SMILES string of the molecule is Cc1cc(Cl)ccc1CC(C(=O)O)N1CCN(c2ccccc2)CC1. The lowest BCUT2D eigenvalue weighted by Crippen LogP contribution is -2.53. The number of aryl methyl sites for hydroxylation is 1. The molecule has 0 aromatic heterocycles. The molecule has 0 saturated carbocycles. The number of hydrogen-bond acceptors (Lipinski definition) is 3. The highest BCUT2D eigenvalue weighted by molar-refractivity contribution is 6.30. The van der Waals surface area contributed by atoms with Gasteiger partial charge in [0.05, 0.1) is 0 Å². The van der Waals surface area contributed by atoms with Crippen LogP contribution in [-0.4, -0.2) is 48.2 Å². The fourth-order valence-corrected chi connectivity index (χ4v) is 3.63. The van der Waals surface area contributed by atoms with Crippen molar-refractivity contribution in [3.05, 3.63) is 64.7 Å². The van der Waals surface area contributed by atoms with Gasteiger partial charge in [-0.2, -0.15) is 0 Å². The van der Waals surface area contributed by atoms with E-state index in [2.05, 4.69) is 21.9 Å². The Morgan fingerprint density at radius 1 is 1.12 bits per heavy atom. The number of nitrogens with zero attached hydrogens (tertiary/aromatic N) is 2. The van der Waals surface area contributed by atoms with E-state index in [-0.39, 0.29) is 0 Å². The van der Waals surface area contributed by atoms with Crippen LogP contribution in [0.2, 0.25) is 5.02 Å². The first-order valence-corrected chi connectivity index (χ1v) is 8.94. The van der Waals surface area contributed by atoms with Gasteiger partial charge in [0.25, 0.3) is 0 Å². The van der Waals surface area contributed by atoms with Crippen molar-refractivity contribution in [2.75, 3.05) is 31.1 Å². The monoisotopic (exact) mass is 358 g/mol. The highest BCUT2D eigenvalue weighted by atomic mass is 35.5. The Labute approximate surface area is 153 Å². The maximum atomic E-state index is 11.9. The number of carboxylic acid groups (broad SMARTS) is 1. The van der Waals surface area contributed by atoms with Gasteiger partial charge in [-0.05, 0) is 48.7 Å². The number of piperazine rings is 1. The molecule has 1 aliphatic heterocycles. The van der Waals surface area contributed by atoms with Crippen LogP contribution in [0.3, 0.4) is 0 Å². The van der Waals surface area contributed by atoms with Crippen molar-refractivity contribution >= 4 is 23.3 Å². The van der Waals surface area contributed by atoms with Crippen LogP contribution in [0.25, 0.3) is 0 Å². The molecule has 0 amide bonds. The van der Waals surface area contributed by atoms with Crippen molar-refractivity contribution in [1.29, 1.82) is 0 Å². The molecule has 1 atom stereocenters. The highest BCUT2D eigenvalue weighted by Gasteiger charge is 2.29. The van der Waals surface area contributed by atoms with E-state index in [9.17, 15) is 9.90 Å². The van der Waals surface area contributed by atoms with E-state index in [0.29, 0.717) is 11.4 Å². The first-order valence-electron chi connectivity index (χ1n) is 8.56. The maximum absolute atomic E-state index is 11.9. The number of aliphatic carboxylic acids is 1. The van der Waals surface area contributed by atoms with Gasteiger partial charge in [0, 0.05) is 36.9 Å². The summed E-state index contributed by atoms with van der Waals surface area (Å²) in [6, 6.07) is 15.4. The number of rotatable bonds is 5. The van der Waals surface area contributed by atoms with Gasteiger partial charge in [-0.25, -0.2) is 0 Å². The van der Waals surface area contributed by atoms with Crippen LogP contribution in [-0.2, 0) is 11.2 Å². The van der Waals surface area contributed by atoms with Gasteiger partial charge in [-0.1, -0.05) is 35.9 Å². The first-order chi connectivity index (χ1) is 12.0. The predicted octanol–water partition coefficient (Wildman–Crippen LogP) is 3.47. The summed E-state index contributed by atoms with van der Waals surface area (Å²) in [4.78, 5) is 16.2. The molecular weight excluding hydrogens is 336 g/mol. The Kier molecular flexibility index (Phi) is 5.61. The summed E-state index contributed by atoms with van der Waals surface area (Å²) >= 11 is 6.01. The molecule has 1 heterocycles. The zero-order chi connectivity index (χ0) is 17.8. The number of para-hydroxylation sites is 1. The highest BCUT2D eigenvalue weighted by Crippen LogP contribution is 2.21. The van der Waals surface area contributed by atoms with Crippen LogP contribution in [0, 0.1) is 6.92 Å². The molecule has 0 radical (unpaired) electrons. The van der Waals surface area contributed by atoms with Crippen LogP contribution in [0.15, 0.2) is 48.5 Å². The van der Waals surface area contributed by atoms with Gasteiger partial charge >= 0.3 is 5.97 Å². The average Bonchev–Trinajstić information content (AvgIpc) is 2.62. The largest absolute Gasteiger partial charge is 0.480 e. The molecule has 1 aliphatic rings. The quantitative estimate of drug-likeness (QED) is 0.888. The molecule has 1 unspecified atom stereocenters. The van der Waals surface area contributed by atoms with Crippen molar-refractivity contribution in [2.45, 2.75) is 19.4 Å². The standard InChI is InChI=1S/C20H23ClN2O2/c1-15-13-17(21)8-7-16(15)14-19(20(24)25)23-11-9-22(10-12-23)18-5-3-2-4-6-18/h2-8,13,19H,9-12,14H2,1H3,(H,24,25). The molecule has 2 aromatic rings. The summed E-state index contributed by atoms with van der Waals surface area (Å²) in [5.74, 6) is -0.762. The lowest BCUT2D eigenvalue weighted by atomic mass is 9.99. The van der Waals surface area contributed by atoms with E-state index in [1.165, 1.54) is 5.69 Å². The van der Waals surface area contributed by atoms with E-state index in [1.54, 1.807) is 0 Å². The van der Waals surface area contributed by atoms with Crippen LogP contribution >= 0.6 is 11.6 Å². The van der Waals surface area contributed by atoms with Crippen LogP contribution in [0.5, 0.6) is 0 Å². The summed E-state index contributed by atoms with van der Waals surface area (Å²) in [5.41, 5.74) is 3.28. The molecule has 0 aliphatic carbocycles. The Morgan fingerprint density at radius 2 is 1.80 bits per heavy atom. The Bertz CT molecular complexity index is 728. The van der Waals surface area contributed by atoms with E-state index < -0.39 is 12.0 Å². The zero-order valence-corrected chi connectivity index (χ0v) is 15.1. The Hall–Kier alpha value is -2.04. The van der Waals surface area contributed by atoms with E-state index >= 15 is 0 Å². The van der Waals surface area contributed by atoms with Crippen LogP contribution in [0.1, 0.15) is 11.1 Å². The summed E-state index contributed by atoms with van der Waals surface area (Å²) < 4.78 is 0. The van der Waals surface area contributed by atoms with Crippen molar-refractivity contribution in [3.8, 4) is 0 Å². The lowest BCUT2D eigenvalue weighted by Gasteiger charge is -2.39. The number of benzene rings is 2. The van der Waals surface area contributed by atoms with Crippen molar-refractivity contribution in [2.24, 2.45) is 0 Å². The minimum atomic E-state index is -0.762. The Morgan fingerprint density at radius 3 is 2.40 bits per heavy atom. The van der Waals surface area contributed by atoms with Gasteiger partial charge in [-0.3, -0.25) is 9.69 Å². The molecule has 5 heteroatoms. The third kappa shape index (κ3) is 4.33. The van der Waals surface area contributed by atoms with Crippen molar-refractivity contribution in [3.63, 3.8) is 0 Å². The van der Waals surface area contributed by atoms with Gasteiger partial charge in [0.1, 0.15) is 6.04 Å². The number of carbonyl (C=O) groups is 1. The predicted molar refractivity (Wildman–Crippen MR) is 102 cm³/mol. The van der Waals surface area contributed by atoms with E-state index in [4.69, 9.17) is 11.6 Å². The molecule has 1 saturated heterocycles. The van der Waals surface area contributed by atoms with Crippen LogP contribution in [0.4, 0.5) is 5.69 Å². The van der Waals surface area contributed by atoms with Gasteiger partial charge in [0.15, 0.2) is 0 Å². The Balaban J connectivity index is 1.67. The van der Waals surface area contributed by atoms with Gasteiger partial charge < -0.3 is 10.0 Å². The molecule has 3 rings (SSSR count). The third-order valence-corrected chi connectivity index (χ3v) is 5.11.